The van der Waals surface area contributed by atoms with Crippen molar-refractivity contribution in [3.05, 3.63) is 46.5 Å². The van der Waals surface area contributed by atoms with Crippen LogP contribution in [-0.4, -0.2) is 14.8 Å². The summed E-state index contributed by atoms with van der Waals surface area (Å²) in [5, 5.41) is 5.25. The maximum atomic E-state index is 6.02. The number of fused-ring (bicyclic) bond motifs is 1. The molecule has 1 aliphatic heterocycles. The zero-order chi connectivity index (χ0) is 12.5. The van der Waals surface area contributed by atoms with Crippen LogP contribution in [0, 0.1) is 0 Å². The largest absolute Gasteiger partial charge is 0.310 e. The maximum Gasteiger partial charge on any atom is 0.155 e. The van der Waals surface area contributed by atoms with Crippen molar-refractivity contribution >= 4 is 11.6 Å². The lowest BCUT2D eigenvalue weighted by atomic mass is 10.1. The molecule has 1 aromatic heterocycles. The molecule has 0 saturated heterocycles. The summed E-state index contributed by atoms with van der Waals surface area (Å²) >= 11 is 5.86. The van der Waals surface area contributed by atoms with Crippen molar-refractivity contribution in [1.29, 1.82) is 0 Å². The van der Waals surface area contributed by atoms with Crippen LogP contribution >= 0.6 is 11.6 Å². The highest BCUT2D eigenvalue weighted by Crippen LogP contribution is 2.20. The van der Waals surface area contributed by atoms with Crippen LogP contribution in [0.25, 0.3) is 0 Å². The van der Waals surface area contributed by atoms with Gasteiger partial charge in [-0.05, 0) is 30.5 Å². The minimum absolute atomic E-state index is 0.0137. The Labute approximate surface area is 111 Å². The van der Waals surface area contributed by atoms with E-state index in [4.69, 9.17) is 17.3 Å². The fourth-order valence-electron chi connectivity index (χ4n) is 2.29. The van der Waals surface area contributed by atoms with Crippen molar-refractivity contribution in [3.8, 4) is 0 Å². The van der Waals surface area contributed by atoms with E-state index in [-0.39, 0.29) is 6.17 Å². The predicted molar refractivity (Wildman–Crippen MR) is 70.4 cm³/mol. The fraction of sp³-hybridized carbons (Fsp3) is 0.385. The van der Waals surface area contributed by atoms with Crippen LogP contribution in [0.5, 0.6) is 0 Å². The van der Waals surface area contributed by atoms with Crippen molar-refractivity contribution in [2.45, 2.75) is 31.8 Å². The van der Waals surface area contributed by atoms with Gasteiger partial charge in [-0.2, -0.15) is 5.10 Å². The molecule has 0 aliphatic carbocycles. The molecule has 0 fully saturated rings. The van der Waals surface area contributed by atoms with Gasteiger partial charge in [-0.25, -0.2) is 9.67 Å². The Bertz CT molecular complexity index is 547. The summed E-state index contributed by atoms with van der Waals surface area (Å²) in [6.07, 6.45) is 3.77. The molecule has 0 radical (unpaired) electrons. The molecule has 2 heterocycles. The standard InChI is InChI=1S/C13H15ClN4/c14-10-6-4-9(5-7-10)8-12-16-13-3-1-2-11(15)18(13)17-12/h4-7,11H,1-3,8,15H2. The number of nitrogens with zero attached hydrogens (tertiary/aromatic N) is 3. The second-order valence-electron chi connectivity index (χ2n) is 4.65. The van der Waals surface area contributed by atoms with Gasteiger partial charge in [-0.3, -0.25) is 0 Å². The first-order valence-electron chi connectivity index (χ1n) is 6.17. The van der Waals surface area contributed by atoms with E-state index in [1.165, 1.54) is 0 Å². The van der Waals surface area contributed by atoms with Gasteiger partial charge in [0, 0.05) is 17.9 Å². The number of benzene rings is 1. The highest BCUT2D eigenvalue weighted by molar-refractivity contribution is 6.30. The second kappa shape index (κ2) is 4.71. The molecule has 3 rings (SSSR count). The van der Waals surface area contributed by atoms with E-state index in [0.717, 1.165) is 47.9 Å². The average molecular weight is 263 g/mol. The van der Waals surface area contributed by atoms with E-state index in [9.17, 15) is 0 Å². The number of rotatable bonds is 2. The summed E-state index contributed by atoms with van der Waals surface area (Å²) in [6, 6.07) is 7.78. The SMILES string of the molecule is NC1CCCc2nc(Cc3ccc(Cl)cc3)nn21. The Morgan fingerprint density at radius 1 is 1.33 bits per heavy atom. The Balaban J connectivity index is 1.83. The molecule has 0 spiro atoms. The van der Waals surface area contributed by atoms with E-state index in [1.807, 2.05) is 28.9 Å². The molecule has 1 atom stereocenters. The predicted octanol–water partition coefficient (Wildman–Crippen LogP) is 2.32. The first-order valence-corrected chi connectivity index (χ1v) is 6.54. The molecule has 0 bridgehead atoms. The van der Waals surface area contributed by atoms with Crippen LogP contribution < -0.4 is 5.73 Å². The minimum atomic E-state index is -0.0137. The van der Waals surface area contributed by atoms with Gasteiger partial charge in [0.05, 0.1) is 0 Å². The molecule has 2 N–H and O–H groups in total. The molecule has 94 valence electrons. The minimum Gasteiger partial charge on any atom is -0.310 e. The number of hydrogen-bond donors (Lipinski definition) is 1. The molecule has 2 aromatic rings. The lowest BCUT2D eigenvalue weighted by Crippen LogP contribution is -2.25. The van der Waals surface area contributed by atoms with Crippen LogP contribution in [0.4, 0.5) is 0 Å². The van der Waals surface area contributed by atoms with Gasteiger partial charge in [0.2, 0.25) is 0 Å². The maximum absolute atomic E-state index is 6.02. The van der Waals surface area contributed by atoms with Crippen LogP contribution in [0.1, 0.15) is 36.2 Å². The Morgan fingerprint density at radius 2 is 2.11 bits per heavy atom. The molecule has 0 amide bonds. The van der Waals surface area contributed by atoms with Crippen LogP contribution in [0.2, 0.25) is 5.02 Å². The summed E-state index contributed by atoms with van der Waals surface area (Å²) < 4.78 is 1.87. The lowest BCUT2D eigenvalue weighted by Gasteiger charge is -2.18. The first-order chi connectivity index (χ1) is 8.72. The van der Waals surface area contributed by atoms with Gasteiger partial charge in [0.1, 0.15) is 12.0 Å². The number of hydrogen-bond acceptors (Lipinski definition) is 3. The van der Waals surface area contributed by atoms with Crippen molar-refractivity contribution in [1.82, 2.24) is 14.8 Å². The van der Waals surface area contributed by atoms with Gasteiger partial charge >= 0.3 is 0 Å². The molecule has 1 aliphatic rings. The molecule has 5 heteroatoms. The lowest BCUT2D eigenvalue weighted by molar-refractivity contribution is 0.371. The van der Waals surface area contributed by atoms with Gasteiger partial charge in [0.25, 0.3) is 0 Å². The molecule has 18 heavy (non-hydrogen) atoms. The van der Waals surface area contributed by atoms with E-state index in [1.54, 1.807) is 0 Å². The van der Waals surface area contributed by atoms with Gasteiger partial charge in [0.15, 0.2) is 5.82 Å². The van der Waals surface area contributed by atoms with Crippen LogP contribution in [-0.2, 0) is 12.8 Å². The summed E-state index contributed by atoms with van der Waals surface area (Å²) in [5.74, 6) is 1.85. The summed E-state index contributed by atoms with van der Waals surface area (Å²) in [5.41, 5.74) is 7.18. The summed E-state index contributed by atoms with van der Waals surface area (Å²) in [6.45, 7) is 0. The number of aromatic nitrogens is 3. The highest BCUT2D eigenvalue weighted by atomic mass is 35.5. The van der Waals surface area contributed by atoms with Gasteiger partial charge in [-0.1, -0.05) is 23.7 Å². The fourth-order valence-corrected chi connectivity index (χ4v) is 2.42. The zero-order valence-corrected chi connectivity index (χ0v) is 10.8. The molecular formula is C13H15ClN4. The third-order valence-corrected chi connectivity index (χ3v) is 3.49. The Morgan fingerprint density at radius 3 is 2.83 bits per heavy atom. The third kappa shape index (κ3) is 2.26. The van der Waals surface area contributed by atoms with Gasteiger partial charge in [-0.15, -0.1) is 0 Å². The third-order valence-electron chi connectivity index (χ3n) is 3.24. The van der Waals surface area contributed by atoms with Crippen molar-refractivity contribution < 1.29 is 0 Å². The normalized spacial score (nSPS) is 18.7. The molecule has 0 saturated carbocycles. The Kier molecular flexibility index (Phi) is 3.06. The van der Waals surface area contributed by atoms with Crippen molar-refractivity contribution in [2.24, 2.45) is 5.73 Å². The molecular weight excluding hydrogens is 248 g/mol. The van der Waals surface area contributed by atoms with E-state index in [2.05, 4.69) is 10.1 Å². The highest BCUT2D eigenvalue weighted by Gasteiger charge is 2.19. The second-order valence-corrected chi connectivity index (χ2v) is 5.09. The summed E-state index contributed by atoms with van der Waals surface area (Å²) in [4.78, 5) is 4.56. The Hall–Kier alpha value is -1.39. The molecule has 1 unspecified atom stereocenters. The van der Waals surface area contributed by atoms with Gasteiger partial charge < -0.3 is 5.73 Å². The average Bonchev–Trinajstić information content (AvgIpc) is 2.76. The molecule has 1 aromatic carbocycles. The van der Waals surface area contributed by atoms with Crippen LogP contribution in [0.15, 0.2) is 24.3 Å². The van der Waals surface area contributed by atoms with Crippen molar-refractivity contribution in [3.63, 3.8) is 0 Å². The number of aryl methyl sites for hydroxylation is 1. The smallest absolute Gasteiger partial charge is 0.155 e. The quantitative estimate of drug-likeness (QED) is 0.904. The van der Waals surface area contributed by atoms with Crippen LogP contribution in [0.3, 0.4) is 0 Å². The van der Waals surface area contributed by atoms with E-state index >= 15 is 0 Å². The van der Waals surface area contributed by atoms with E-state index < -0.39 is 0 Å². The number of nitrogens with two attached hydrogens (primary N) is 1. The topological polar surface area (TPSA) is 56.7 Å². The van der Waals surface area contributed by atoms with E-state index in [0.29, 0.717) is 0 Å². The summed E-state index contributed by atoms with van der Waals surface area (Å²) in [7, 11) is 0. The zero-order valence-electron chi connectivity index (χ0n) is 10.0. The molecule has 4 nitrogen and oxygen atoms in total. The number of halogens is 1. The first kappa shape index (κ1) is 11.7. The monoisotopic (exact) mass is 262 g/mol. The van der Waals surface area contributed by atoms with Crippen molar-refractivity contribution in [2.75, 3.05) is 0 Å².